The molecule has 2 aromatic carbocycles. The average Bonchev–Trinajstić information content (AvgIpc) is 3.08. The van der Waals surface area contributed by atoms with Crippen LogP contribution in [0.2, 0.25) is 0 Å². The molecule has 0 amide bonds. The zero-order valence-corrected chi connectivity index (χ0v) is 14.5. The number of aryl methyl sites for hydroxylation is 2. The van der Waals surface area contributed by atoms with Crippen LogP contribution in [0.1, 0.15) is 23.1 Å². The molecule has 4 N–H and O–H groups in total. The molecule has 132 valence electrons. The maximum atomic E-state index is 9.94. The van der Waals surface area contributed by atoms with Gasteiger partial charge in [-0.15, -0.1) is 0 Å². The molecule has 6 nitrogen and oxygen atoms in total. The number of nitrogens with one attached hydrogen (secondary N) is 1. The third-order valence-electron chi connectivity index (χ3n) is 4.34. The van der Waals surface area contributed by atoms with Gasteiger partial charge in [0.1, 0.15) is 0 Å². The number of guanidine groups is 1. The lowest BCUT2D eigenvalue weighted by Crippen LogP contribution is -2.22. The zero-order chi connectivity index (χ0) is 17.8. The standard InChI is InChI=1S/C19H23N3O3/c1-24-16-8-12(9-17(25-2)18(16)23)11-21-19(20)22-15-7-6-13-4-3-5-14(13)10-15/h6-10,23H,3-5,11H2,1-2H3,(H3,20,21,22). The van der Waals surface area contributed by atoms with Crippen LogP contribution in [-0.2, 0) is 19.4 Å². The molecule has 1 aliphatic rings. The first-order valence-corrected chi connectivity index (χ1v) is 8.23. The number of aromatic hydroxyl groups is 1. The Morgan fingerprint density at radius 1 is 1.12 bits per heavy atom. The van der Waals surface area contributed by atoms with E-state index in [4.69, 9.17) is 15.2 Å². The van der Waals surface area contributed by atoms with Crippen LogP contribution in [0, 0.1) is 0 Å². The minimum Gasteiger partial charge on any atom is -0.502 e. The number of nitrogens with zero attached hydrogens (tertiary/aromatic N) is 1. The predicted molar refractivity (Wildman–Crippen MR) is 98.6 cm³/mol. The van der Waals surface area contributed by atoms with E-state index in [1.165, 1.54) is 31.8 Å². The quantitative estimate of drug-likeness (QED) is 0.575. The first-order chi connectivity index (χ1) is 12.1. The zero-order valence-electron chi connectivity index (χ0n) is 14.5. The van der Waals surface area contributed by atoms with Gasteiger partial charge < -0.3 is 25.6 Å². The Morgan fingerprint density at radius 3 is 2.48 bits per heavy atom. The van der Waals surface area contributed by atoms with Crippen LogP contribution in [0.3, 0.4) is 0 Å². The second kappa shape index (κ2) is 7.34. The summed E-state index contributed by atoms with van der Waals surface area (Å²) in [6, 6.07) is 9.73. The molecular weight excluding hydrogens is 318 g/mol. The van der Waals surface area contributed by atoms with Crippen molar-refractivity contribution in [3.8, 4) is 17.2 Å². The Bertz CT molecular complexity index is 777. The number of benzene rings is 2. The molecule has 0 spiro atoms. The number of ether oxygens (including phenoxy) is 2. The Morgan fingerprint density at radius 2 is 1.80 bits per heavy atom. The van der Waals surface area contributed by atoms with Crippen LogP contribution in [0.5, 0.6) is 17.2 Å². The Hall–Kier alpha value is -2.89. The van der Waals surface area contributed by atoms with Gasteiger partial charge in [0, 0.05) is 5.69 Å². The number of nitrogens with two attached hydrogens (primary N) is 1. The van der Waals surface area contributed by atoms with Gasteiger partial charge in [0.25, 0.3) is 0 Å². The number of anilines is 1. The van der Waals surface area contributed by atoms with Crippen LogP contribution < -0.4 is 20.5 Å². The fourth-order valence-electron chi connectivity index (χ4n) is 3.05. The number of aliphatic imine (C=N–C) groups is 1. The van der Waals surface area contributed by atoms with E-state index >= 15 is 0 Å². The molecule has 0 saturated carbocycles. The molecule has 0 unspecified atom stereocenters. The summed E-state index contributed by atoms with van der Waals surface area (Å²) in [6.07, 6.45) is 3.49. The fourth-order valence-corrected chi connectivity index (χ4v) is 3.05. The van der Waals surface area contributed by atoms with Gasteiger partial charge in [-0.3, -0.25) is 0 Å². The third kappa shape index (κ3) is 3.79. The topological polar surface area (TPSA) is 89.1 Å². The molecule has 1 aliphatic carbocycles. The minimum atomic E-state index is -0.0260. The van der Waals surface area contributed by atoms with Crippen molar-refractivity contribution in [3.05, 3.63) is 47.0 Å². The number of rotatable bonds is 5. The van der Waals surface area contributed by atoms with E-state index in [9.17, 15) is 5.11 Å². The maximum Gasteiger partial charge on any atom is 0.200 e. The summed E-state index contributed by atoms with van der Waals surface area (Å²) in [5.74, 6) is 0.996. The number of phenols is 1. The summed E-state index contributed by atoms with van der Waals surface area (Å²) in [6.45, 7) is 0.344. The van der Waals surface area contributed by atoms with Crippen molar-refractivity contribution in [2.24, 2.45) is 10.7 Å². The van der Waals surface area contributed by atoms with Gasteiger partial charge >= 0.3 is 0 Å². The van der Waals surface area contributed by atoms with E-state index in [0.29, 0.717) is 24.0 Å². The molecule has 0 bridgehead atoms. The van der Waals surface area contributed by atoms with Crippen molar-refractivity contribution in [2.75, 3.05) is 19.5 Å². The maximum absolute atomic E-state index is 9.94. The average molecular weight is 341 g/mol. The molecule has 3 rings (SSSR count). The number of hydrogen-bond donors (Lipinski definition) is 3. The number of phenolic OH excluding ortho intramolecular Hbond substituents is 1. The van der Waals surface area contributed by atoms with Crippen LogP contribution in [-0.4, -0.2) is 25.3 Å². The fraction of sp³-hybridized carbons (Fsp3) is 0.316. The highest BCUT2D eigenvalue weighted by Gasteiger charge is 2.12. The predicted octanol–water partition coefficient (Wildman–Crippen LogP) is 2.82. The molecule has 0 radical (unpaired) electrons. The van der Waals surface area contributed by atoms with Crippen molar-refractivity contribution in [3.63, 3.8) is 0 Å². The van der Waals surface area contributed by atoms with Gasteiger partial charge in [-0.1, -0.05) is 6.07 Å². The molecule has 0 fully saturated rings. The lowest BCUT2D eigenvalue weighted by molar-refractivity contribution is 0.339. The molecule has 0 atom stereocenters. The number of hydrogen-bond acceptors (Lipinski definition) is 4. The van der Waals surface area contributed by atoms with Crippen molar-refractivity contribution in [1.29, 1.82) is 0 Å². The van der Waals surface area contributed by atoms with Crippen molar-refractivity contribution >= 4 is 11.6 Å². The summed E-state index contributed by atoms with van der Waals surface area (Å²) in [4.78, 5) is 4.35. The first-order valence-electron chi connectivity index (χ1n) is 8.23. The third-order valence-corrected chi connectivity index (χ3v) is 4.34. The first kappa shape index (κ1) is 17.0. The SMILES string of the molecule is COc1cc(CN=C(N)Nc2ccc3c(c2)CCC3)cc(OC)c1O. The van der Waals surface area contributed by atoms with E-state index < -0.39 is 0 Å². The highest BCUT2D eigenvalue weighted by molar-refractivity contribution is 5.92. The molecule has 2 aromatic rings. The van der Waals surface area contributed by atoms with E-state index in [1.54, 1.807) is 12.1 Å². The van der Waals surface area contributed by atoms with Gasteiger partial charge in [0.2, 0.25) is 5.75 Å². The second-order valence-electron chi connectivity index (χ2n) is 6.01. The van der Waals surface area contributed by atoms with Gasteiger partial charge in [-0.25, -0.2) is 4.99 Å². The largest absolute Gasteiger partial charge is 0.502 e. The van der Waals surface area contributed by atoms with Crippen LogP contribution in [0.4, 0.5) is 5.69 Å². The highest BCUT2D eigenvalue weighted by atomic mass is 16.5. The van der Waals surface area contributed by atoms with Crippen molar-refractivity contribution in [2.45, 2.75) is 25.8 Å². The molecule has 6 heteroatoms. The molecule has 0 aromatic heterocycles. The van der Waals surface area contributed by atoms with Crippen molar-refractivity contribution < 1.29 is 14.6 Å². The summed E-state index contributed by atoms with van der Waals surface area (Å²) in [7, 11) is 2.98. The lowest BCUT2D eigenvalue weighted by Gasteiger charge is -2.11. The summed E-state index contributed by atoms with van der Waals surface area (Å²) in [5, 5.41) is 13.1. The van der Waals surface area contributed by atoms with E-state index in [2.05, 4.69) is 22.4 Å². The van der Waals surface area contributed by atoms with Gasteiger partial charge in [0.15, 0.2) is 17.5 Å². The normalized spacial score (nSPS) is 13.4. The summed E-state index contributed by atoms with van der Waals surface area (Å²) < 4.78 is 10.3. The smallest absolute Gasteiger partial charge is 0.200 e. The van der Waals surface area contributed by atoms with E-state index in [0.717, 1.165) is 24.1 Å². The molecule has 0 saturated heterocycles. The number of methoxy groups -OCH3 is 2. The Labute approximate surface area is 147 Å². The Kier molecular flexibility index (Phi) is 4.97. The number of fused-ring (bicyclic) bond motifs is 1. The summed E-state index contributed by atoms with van der Waals surface area (Å²) in [5.41, 5.74) is 10.6. The second-order valence-corrected chi connectivity index (χ2v) is 6.01. The van der Waals surface area contributed by atoms with Gasteiger partial charge in [-0.05, 0) is 60.2 Å². The van der Waals surface area contributed by atoms with Gasteiger partial charge in [-0.2, -0.15) is 0 Å². The molecule has 0 aliphatic heterocycles. The minimum absolute atomic E-state index is 0.0260. The van der Waals surface area contributed by atoms with Crippen LogP contribution in [0.25, 0.3) is 0 Å². The highest BCUT2D eigenvalue weighted by Crippen LogP contribution is 2.37. The van der Waals surface area contributed by atoms with E-state index in [1.807, 2.05) is 6.07 Å². The lowest BCUT2D eigenvalue weighted by atomic mass is 10.1. The molecular formula is C19H23N3O3. The monoisotopic (exact) mass is 341 g/mol. The van der Waals surface area contributed by atoms with Crippen LogP contribution in [0.15, 0.2) is 35.3 Å². The van der Waals surface area contributed by atoms with Crippen LogP contribution >= 0.6 is 0 Å². The van der Waals surface area contributed by atoms with E-state index in [-0.39, 0.29) is 5.75 Å². The van der Waals surface area contributed by atoms with Crippen molar-refractivity contribution in [1.82, 2.24) is 0 Å². The Balaban J connectivity index is 1.71. The molecule has 0 heterocycles. The molecule has 25 heavy (non-hydrogen) atoms. The summed E-state index contributed by atoms with van der Waals surface area (Å²) >= 11 is 0. The van der Waals surface area contributed by atoms with Gasteiger partial charge in [0.05, 0.1) is 20.8 Å².